The quantitative estimate of drug-likeness (QED) is 0.866. The van der Waals surface area contributed by atoms with E-state index in [4.69, 9.17) is 0 Å². The van der Waals surface area contributed by atoms with Gasteiger partial charge in [-0.05, 0) is 11.6 Å². The molecule has 2 rings (SSSR count). The molecule has 0 bridgehead atoms. The molecule has 0 saturated heterocycles. The van der Waals surface area contributed by atoms with Crippen LogP contribution in [0.25, 0.3) is 0 Å². The summed E-state index contributed by atoms with van der Waals surface area (Å²) in [4.78, 5) is 8.14. The molecule has 1 aromatic carbocycles. The SMILES string of the molecule is Cl.c1ccc(CNc2ncccn2)cc1. The van der Waals surface area contributed by atoms with Gasteiger partial charge in [0.1, 0.15) is 0 Å². The Hall–Kier alpha value is -1.61. The molecule has 0 amide bonds. The normalized spacial score (nSPS) is 9.07. The van der Waals surface area contributed by atoms with Crippen molar-refractivity contribution in [2.45, 2.75) is 6.54 Å². The van der Waals surface area contributed by atoms with Gasteiger partial charge in [0.05, 0.1) is 0 Å². The van der Waals surface area contributed by atoms with Gasteiger partial charge in [-0.2, -0.15) is 0 Å². The van der Waals surface area contributed by atoms with Crippen LogP contribution in [0.2, 0.25) is 0 Å². The summed E-state index contributed by atoms with van der Waals surface area (Å²) < 4.78 is 0. The van der Waals surface area contributed by atoms with Crippen molar-refractivity contribution in [1.29, 1.82) is 0 Å². The van der Waals surface area contributed by atoms with Gasteiger partial charge in [-0.3, -0.25) is 0 Å². The summed E-state index contributed by atoms with van der Waals surface area (Å²) in [6, 6.07) is 12.0. The molecule has 0 atom stereocenters. The smallest absolute Gasteiger partial charge is 0.222 e. The Labute approximate surface area is 95.0 Å². The van der Waals surface area contributed by atoms with E-state index in [0.29, 0.717) is 5.95 Å². The molecule has 0 unspecified atom stereocenters. The fourth-order valence-electron chi connectivity index (χ4n) is 1.17. The lowest BCUT2D eigenvalue weighted by molar-refractivity contribution is 1.05. The van der Waals surface area contributed by atoms with Crippen molar-refractivity contribution < 1.29 is 0 Å². The van der Waals surface area contributed by atoms with E-state index in [1.807, 2.05) is 18.2 Å². The fourth-order valence-corrected chi connectivity index (χ4v) is 1.17. The van der Waals surface area contributed by atoms with Crippen molar-refractivity contribution in [2.24, 2.45) is 0 Å². The van der Waals surface area contributed by atoms with Crippen LogP contribution in [0.4, 0.5) is 5.95 Å². The van der Waals surface area contributed by atoms with Gasteiger partial charge in [0.15, 0.2) is 0 Å². The molecule has 1 heterocycles. The number of rotatable bonds is 3. The van der Waals surface area contributed by atoms with Gasteiger partial charge >= 0.3 is 0 Å². The second-order valence-corrected chi connectivity index (χ2v) is 2.91. The number of benzene rings is 1. The first kappa shape index (κ1) is 11.5. The lowest BCUT2D eigenvalue weighted by Crippen LogP contribution is -2.02. The van der Waals surface area contributed by atoms with Crippen molar-refractivity contribution in [3.05, 3.63) is 54.4 Å². The highest BCUT2D eigenvalue weighted by Gasteiger charge is 1.93. The third-order valence-electron chi connectivity index (χ3n) is 1.86. The highest BCUT2D eigenvalue weighted by Crippen LogP contribution is 2.01. The molecule has 4 heteroatoms. The average Bonchev–Trinajstić information content (AvgIpc) is 2.29. The minimum Gasteiger partial charge on any atom is -0.350 e. The summed E-state index contributed by atoms with van der Waals surface area (Å²) in [6.45, 7) is 0.755. The maximum absolute atomic E-state index is 4.07. The molecule has 0 aliphatic rings. The second kappa shape index (κ2) is 5.98. The van der Waals surface area contributed by atoms with Gasteiger partial charge in [-0.1, -0.05) is 30.3 Å². The van der Waals surface area contributed by atoms with E-state index >= 15 is 0 Å². The maximum Gasteiger partial charge on any atom is 0.222 e. The van der Waals surface area contributed by atoms with E-state index in [0.717, 1.165) is 6.54 Å². The summed E-state index contributed by atoms with van der Waals surface area (Å²) >= 11 is 0. The predicted octanol–water partition coefficient (Wildman–Crippen LogP) is 2.51. The highest BCUT2D eigenvalue weighted by molar-refractivity contribution is 5.85. The zero-order chi connectivity index (χ0) is 9.64. The van der Waals surface area contributed by atoms with Crippen molar-refractivity contribution in [2.75, 3.05) is 5.32 Å². The van der Waals surface area contributed by atoms with Gasteiger partial charge in [0, 0.05) is 18.9 Å². The highest BCUT2D eigenvalue weighted by atomic mass is 35.5. The molecule has 0 radical (unpaired) electrons. The first-order chi connectivity index (χ1) is 6.95. The number of halogens is 1. The third kappa shape index (κ3) is 3.56. The van der Waals surface area contributed by atoms with Crippen LogP contribution in [0, 0.1) is 0 Å². The number of anilines is 1. The zero-order valence-corrected chi connectivity index (χ0v) is 8.95. The minimum absolute atomic E-state index is 0. The van der Waals surface area contributed by atoms with Crippen molar-refractivity contribution in [1.82, 2.24) is 9.97 Å². The average molecular weight is 222 g/mol. The van der Waals surface area contributed by atoms with Crippen LogP contribution in [-0.4, -0.2) is 9.97 Å². The maximum atomic E-state index is 4.07. The van der Waals surface area contributed by atoms with Gasteiger partial charge < -0.3 is 5.32 Å². The van der Waals surface area contributed by atoms with Crippen LogP contribution in [0.15, 0.2) is 48.8 Å². The topological polar surface area (TPSA) is 37.8 Å². The third-order valence-corrected chi connectivity index (χ3v) is 1.86. The number of hydrogen-bond donors (Lipinski definition) is 1. The van der Waals surface area contributed by atoms with Gasteiger partial charge in [-0.15, -0.1) is 12.4 Å². The van der Waals surface area contributed by atoms with Crippen LogP contribution in [0.5, 0.6) is 0 Å². The summed E-state index contributed by atoms with van der Waals surface area (Å²) in [6.07, 6.45) is 3.45. The van der Waals surface area contributed by atoms with E-state index < -0.39 is 0 Å². The van der Waals surface area contributed by atoms with Crippen LogP contribution in [-0.2, 0) is 6.54 Å². The zero-order valence-electron chi connectivity index (χ0n) is 8.13. The number of nitrogens with zero attached hydrogens (tertiary/aromatic N) is 2. The standard InChI is InChI=1S/C11H11N3.ClH/c1-2-5-10(6-3-1)9-14-11-12-7-4-8-13-11;/h1-8H,9H2,(H,12,13,14);1H. The van der Waals surface area contributed by atoms with Crippen LogP contribution >= 0.6 is 12.4 Å². The first-order valence-electron chi connectivity index (χ1n) is 4.50. The molecule has 3 nitrogen and oxygen atoms in total. The van der Waals surface area contributed by atoms with Gasteiger partial charge in [0.25, 0.3) is 0 Å². The van der Waals surface area contributed by atoms with E-state index in [2.05, 4.69) is 27.4 Å². The van der Waals surface area contributed by atoms with E-state index in [-0.39, 0.29) is 12.4 Å². The number of aromatic nitrogens is 2. The largest absolute Gasteiger partial charge is 0.350 e. The Morgan fingerprint density at radius 3 is 2.27 bits per heavy atom. The van der Waals surface area contributed by atoms with Crippen LogP contribution in [0.1, 0.15) is 5.56 Å². The van der Waals surface area contributed by atoms with E-state index in [9.17, 15) is 0 Å². The van der Waals surface area contributed by atoms with Crippen LogP contribution < -0.4 is 5.32 Å². The Morgan fingerprint density at radius 1 is 0.933 bits per heavy atom. The van der Waals surface area contributed by atoms with Crippen molar-refractivity contribution in [3.63, 3.8) is 0 Å². The summed E-state index contributed by atoms with van der Waals surface area (Å²) in [5.74, 6) is 0.663. The minimum atomic E-state index is 0. The Morgan fingerprint density at radius 2 is 1.60 bits per heavy atom. The molecule has 0 saturated carbocycles. The lowest BCUT2D eigenvalue weighted by Gasteiger charge is -2.03. The molecule has 0 aliphatic heterocycles. The van der Waals surface area contributed by atoms with Crippen LogP contribution in [0.3, 0.4) is 0 Å². The molecular formula is C11H12ClN3. The molecule has 1 N–H and O–H groups in total. The molecule has 2 aromatic rings. The molecule has 0 fully saturated rings. The lowest BCUT2D eigenvalue weighted by atomic mass is 10.2. The predicted molar refractivity (Wildman–Crippen MR) is 63.0 cm³/mol. The summed E-state index contributed by atoms with van der Waals surface area (Å²) in [7, 11) is 0. The van der Waals surface area contributed by atoms with Gasteiger partial charge in [-0.25, -0.2) is 9.97 Å². The fraction of sp³-hybridized carbons (Fsp3) is 0.0909. The monoisotopic (exact) mass is 221 g/mol. The summed E-state index contributed by atoms with van der Waals surface area (Å²) in [5.41, 5.74) is 1.22. The molecule has 0 spiro atoms. The molecular weight excluding hydrogens is 210 g/mol. The molecule has 0 aliphatic carbocycles. The van der Waals surface area contributed by atoms with E-state index in [1.54, 1.807) is 18.5 Å². The van der Waals surface area contributed by atoms with Crippen molar-refractivity contribution in [3.8, 4) is 0 Å². The Bertz CT molecular complexity index is 338. The van der Waals surface area contributed by atoms with E-state index in [1.165, 1.54) is 5.56 Å². The number of nitrogens with one attached hydrogen (secondary N) is 1. The first-order valence-corrected chi connectivity index (χ1v) is 4.50. The molecule has 1 aromatic heterocycles. The molecule has 78 valence electrons. The van der Waals surface area contributed by atoms with Crippen molar-refractivity contribution >= 4 is 18.4 Å². The van der Waals surface area contributed by atoms with Gasteiger partial charge in [0.2, 0.25) is 5.95 Å². The molecule has 15 heavy (non-hydrogen) atoms. The number of hydrogen-bond acceptors (Lipinski definition) is 3. The Balaban J connectivity index is 0.00000112. The Kier molecular flexibility index (Phi) is 4.57. The summed E-state index contributed by atoms with van der Waals surface area (Å²) in [5, 5.41) is 3.14. The second-order valence-electron chi connectivity index (χ2n) is 2.91.